The molecule has 0 aromatic rings. The van der Waals surface area contributed by atoms with E-state index in [1.165, 1.54) is 0 Å². The Morgan fingerprint density at radius 1 is 1.27 bits per heavy atom. The van der Waals surface area contributed by atoms with Crippen molar-refractivity contribution >= 4 is 0 Å². The molecule has 0 fully saturated rings. The second-order valence-electron chi connectivity index (χ2n) is 3.06. The molecule has 0 spiro atoms. The molecule has 0 aromatic heterocycles. The first-order chi connectivity index (χ1) is 5.14. The van der Waals surface area contributed by atoms with E-state index in [2.05, 4.69) is 12.2 Å². The summed E-state index contributed by atoms with van der Waals surface area (Å²) in [4.78, 5) is 0. The third-order valence-corrected chi connectivity index (χ3v) is 2.63. The van der Waals surface area contributed by atoms with Crippen molar-refractivity contribution in [2.24, 2.45) is 0 Å². The first-order valence-electron chi connectivity index (χ1n) is 4.54. The molecule has 2 heteroatoms. The second-order valence-corrected chi connectivity index (χ2v) is 3.06. The van der Waals surface area contributed by atoms with Gasteiger partial charge in [-0.25, -0.2) is 0 Å². The van der Waals surface area contributed by atoms with Crippen LogP contribution in [0.5, 0.6) is 0 Å². The van der Waals surface area contributed by atoms with Crippen molar-refractivity contribution in [3.05, 3.63) is 0 Å². The van der Waals surface area contributed by atoms with E-state index in [4.69, 9.17) is 0 Å². The SMILES string of the molecule is CCC(NC)C(O)(CC)CC. The molecule has 0 saturated heterocycles. The average Bonchev–Trinajstić information content (AvgIpc) is 2.06. The number of hydrogen-bond acceptors (Lipinski definition) is 2. The molecule has 0 rings (SSSR count). The maximum Gasteiger partial charge on any atom is 0.0794 e. The van der Waals surface area contributed by atoms with Gasteiger partial charge in [-0.2, -0.15) is 0 Å². The zero-order valence-corrected chi connectivity index (χ0v) is 8.15. The van der Waals surface area contributed by atoms with Gasteiger partial charge in [0.15, 0.2) is 0 Å². The summed E-state index contributed by atoms with van der Waals surface area (Å²) >= 11 is 0. The van der Waals surface area contributed by atoms with Gasteiger partial charge in [0.2, 0.25) is 0 Å². The average molecular weight is 159 g/mol. The van der Waals surface area contributed by atoms with E-state index in [0.29, 0.717) is 0 Å². The molecule has 2 N–H and O–H groups in total. The highest BCUT2D eigenvalue weighted by Crippen LogP contribution is 2.21. The fraction of sp³-hybridized carbons (Fsp3) is 1.00. The van der Waals surface area contributed by atoms with Crippen LogP contribution in [-0.4, -0.2) is 23.8 Å². The molecule has 0 saturated carbocycles. The molecule has 0 radical (unpaired) electrons. The van der Waals surface area contributed by atoms with Crippen LogP contribution in [0.4, 0.5) is 0 Å². The summed E-state index contributed by atoms with van der Waals surface area (Å²) in [5.41, 5.74) is -0.510. The fourth-order valence-corrected chi connectivity index (χ4v) is 1.60. The molecule has 0 amide bonds. The van der Waals surface area contributed by atoms with Crippen LogP contribution in [0.3, 0.4) is 0 Å². The van der Waals surface area contributed by atoms with E-state index < -0.39 is 5.60 Å². The van der Waals surface area contributed by atoms with E-state index in [1.54, 1.807) is 0 Å². The lowest BCUT2D eigenvalue weighted by molar-refractivity contribution is -0.00473. The zero-order valence-electron chi connectivity index (χ0n) is 8.15. The number of rotatable bonds is 5. The number of likely N-dealkylation sites (N-methyl/N-ethyl adjacent to an activating group) is 1. The summed E-state index contributed by atoms with van der Waals surface area (Å²) in [6, 6.07) is 0.234. The second kappa shape index (κ2) is 4.73. The maximum atomic E-state index is 10.0. The number of nitrogens with one attached hydrogen (secondary N) is 1. The fourth-order valence-electron chi connectivity index (χ4n) is 1.60. The van der Waals surface area contributed by atoms with Crippen LogP contribution in [0.25, 0.3) is 0 Å². The first-order valence-corrected chi connectivity index (χ1v) is 4.54. The predicted octanol–water partition coefficient (Wildman–Crippen LogP) is 1.54. The van der Waals surface area contributed by atoms with Crippen molar-refractivity contribution in [1.29, 1.82) is 0 Å². The lowest BCUT2D eigenvalue weighted by Crippen LogP contribution is -2.48. The lowest BCUT2D eigenvalue weighted by atomic mass is 9.87. The van der Waals surface area contributed by atoms with Crippen molar-refractivity contribution < 1.29 is 5.11 Å². The van der Waals surface area contributed by atoms with Gasteiger partial charge in [-0.1, -0.05) is 20.8 Å². The van der Waals surface area contributed by atoms with Gasteiger partial charge < -0.3 is 10.4 Å². The molecule has 0 aliphatic heterocycles. The monoisotopic (exact) mass is 159 g/mol. The van der Waals surface area contributed by atoms with Gasteiger partial charge in [0.1, 0.15) is 0 Å². The van der Waals surface area contributed by atoms with Crippen LogP contribution in [0.15, 0.2) is 0 Å². The summed E-state index contributed by atoms with van der Waals surface area (Å²) in [6.07, 6.45) is 2.63. The van der Waals surface area contributed by atoms with Crippen molar-refractivity contribution in [2.75, 3.05) is 7.05 Å². The first kappa shape index (κ1) is 10.9. The molecular weight excluding hydrogens is 138 g/mol. The third kappa shape index (κ3) is 2.46. The molecule has 0 aliphatic carbocycles. The van der Waals surface area contributed by atoms with Crippen molar-refractivity contribution in [2.45, 2.75) is 51.7 Å². The highest BCUT2D eigenvalue weighted by molar-refractivity contribution is 4.87. The van der Waals surface area contributed by atoms with E-state index in [9.17, 15) is 5.11 Å². The van der Waals surface area contributed by atoms with Crippen LogP contribution < -0.4 is 5.32 Å². The molecule has 0 bridgehead atoms. The Bertz CT molecular complexity index is 95.7. The summed E-state index contributed by atoms with van der Waals surface area (Å²) in [7, 11) is 1.91. The molecule has 0 aliphatic rings. The Labute approximate surface area is 70.0 Å². The summed E-state index contributed by atoms with van der Waals surface area (Å²) in [5, 5.41) is 13.2. The van der Waals surface area contributed by atoms with Gasteiger partial charge in [-0.05, 0) is 26.3 Å². The number of aliphatic hydroxyl groups is 1. The van der Waals surface area contributed by atoms with Crippen molar-refractivity contribution in [1.82, 2.24) is 5.32 Å². The Hall–Kier alpha value is -0.0800. The molecule has 1 atom stereocenters. The summed E-state index contributed by atoms with van der Waals surface area (Å²) in [5.74, 6) is 0. The Balaban J connectivity index is 4.19. The summed E-state index contributed by atoms with van der Waals surface area (Å²) < 4.78 is 0. The Morgan fingerprint density at radius 3 is 1.82 bits per heavy atom. The number of hydrogen-bond donors (Lipinski definition) is 2. The van der Waals surface area contributed by atoms with Crippen LogP contribution in [0.2, 0.25) is 0 Å². The van der Waals surface area contributed by atoms with E-state index >= 15 is 0 Å². The van der Waals surface area contributed by atoms with Crippen LogP contribution >= 0.6 is 0 Å². The van der Waals surface area contributed by atoms with E-state index in [-0.39, 0.29) is 6.04 Å². The van der Waals surface area contributed by atoms with Crippen molar-refractivity contribution in [3.63, 3.8) is 0 Å². The third-order valence-electron chi connectivity index (χ3n) is 2.63. The zero-order chi connectivity index (χ0) is 8.91. The molecule has 68 valence electrons. The quantitative estimate of drug-likeness (QED) is 0.637. The van der Waals surface area contributed by atoms with Gasteiger partial charge in [0, 0.05) is 6.04 Å². The van der Waals surface area contributed by atoms with Gasteiger partial charge in [0.05, 0.1) is 5.60 Å². The van der Waals surface area contributed by atoms with Crippen LogP contribution in [0, 0.1) is 0 Å². The van der Waals surface area contributed by atoms with Crippen LogP contribution in [0.1, 0.15) is 40.0 Å². The van der Waals surface area contributed by atoms with E-state index in [1.807, 2.05) is 20.9 Å². The topological polar surface area (TPSA) is 32.3 Å². The van der Waals surface area contributed by atoms with Crippen molar-refractivity contribution in [3.8, 4) is 0 Å². The van der Waals surface area contributed by atoms with Gasteiger partial charge in [-0.3, -0.25) is 0 Å². The molecule has 11 heavy (non-hydrogen) atoms. The highest BCUT2D eigenvalue weighted by atomic mass is 16.3. The van der Waals surface area contributed by atoms with Gasteiger partial charge >= 0.3 is 0 Å². The Kier molecular flexibility index (Phi) is 4.69. The molecule has 0 aromatic carbocycles. The van der Waals surface area contributed by atoms with Gasteiger partial charge in [-0.15, -0.1) is 0 Å². The smallest absolute Gasteiger partial charge is 0.0794 e. The summed E-state index contributed by atoms with van der Waals surface area (Å²) in [6.45, 7) is 6.16. The predicted molar refractivity (Wildman–Crippen MR) is 48.7 cm³/mol. The molecular formula is C9H21NO. The minimum absolute atomic E-state index is 0.234. The minimum atomic E-state index is -0.510. The maximum absolute atomic E-state index is 10.0. The standard InChI is InChI=1S/C9H21NO/c1-5-8(10-4)9(11,6-2)7-3/h8,10-11H,5-7H2,1-4H3. The van der Waals surface area contributed by atoms with E-state index in [0.717, 1.165) is 19.3 Å². The molecule has 0 heterocycles. The largest absolute Gasteiger partial charge is 0.388 e. The highest BCUT2D eigenvalue weighted by Gasteiger charge is 2.30. The molecule has 2 nitrogen and oxygen atoms in total. The normalized spacial score (nSPS) is 15.0. The Morgan fingerprint density at radius 2 is 1.73 bits per heavy atom. The minimum Gasteiger partial charge on any atom is -0.388 e. The lowest BCUT2D eigenvalue weighted by Gasteiger charge is -2.33. The van der Waals surface area contributed by atoms with Gasteiger partial charge in [0.25, 0.3) is 0 Å². The van der Waals surface area contributed by atoms with Crippen LogP contribution in [-0.2, 0) is 0 Å². The molecule has 1 unspecified atom stereocenters.